The number of pyridine rings is 1. The van der Waals surface area contributed by atoms with E-state index in [2.05, 4.69) is 0 Å². The van der Waals surface area contributed by atoms with Crippen molar-refractivity contribution in [3.05, 3.63) is 33.7 Å². The van der Waals surface area contributed by atoms with Gasteiger partial charge in [-0.3, -0.25) is 4.79 Å². The van der Waals surface area contributed by atoms with Gasteiger partial charge < -0.3 is 14.6 Å². The van der Waals surface area contributed by atoms with Crippen LogP contribution in [-0.2, 0) is 17.4 Å². The summed E-state index contributed by atoms with van der Waals surface area (Å²) in [5.74, 6) is -1.23. The van der Waals surface area contributed by atoms with Gasteiger partial charge in [0, 0.05) is 18.8 Å². The van der Waals surface area contributed by atoms with Crippen LogP contribution in [-0.4, -0.2) is 41.2 Å². The predicted molar refractivity (Wildman–Crippen MR) is 79.5 cm³/mol. The maximum Gasteiger partial charge on any atom is 0.416 e. The number of carbonyl (C=O) groups is 1. The topological polar surface area (TPSA) is 62.5 Å². The summed E-state index contributed by atoms with van der Waals surface area (Å²) in [4.78, 5) is 25.0. The van der Waals surface area contributed by atoms with Crippen LogP contribution in [0.4, 0.5) is 13.2 Å². The molecule has 5 nitrogen and oxygen atoms in total. The Morgan fingerprint density at radius 1 is 1.39 bits per heavy atom. The number of aromatic nitrogens is 1. The van der Waals surface area contributed by atoms with Crippen LogP contribution in [0.15, 0.2) is 17.1 Å². The Morgan fingerprint density at radius 2 is 2.00 bits per heavy atom. The molecule has 1 rings (SSSR count). The van der Waals surface area contributed by atoms with E-state index >= 15 is 0 Å². The van der Waals surface area contributed by atoms with Gasteiger partial charge in [-0.05, 0) is 32.5 Å². The molecule has 1 heterocycles. The van der Waals surface area contributed by atoms with Gasteiger partial charge in [-0.2, -0.15) is 13.2 Å². The van der Waals surface area contributed by atoms with Crippen molar-refractivity contribution in [3.8, 4) is 0 Å². The summed E-state index contributed by atoms with van der Waals surface area (Å²) in [6.45, 7) is 2.10. The van der Waals surface area contributed by atoms with E-state index in [9.17, 15) is 27.9 Å². The summed E-state index contributed by atoms with van der Waals surface area (Å²) in [6, 6.07) is -0.663. The van der Waals surface area contributed by atoms with Crippen LogP contribution in [0.2, 0.25) is 0 Å². The highest BCUT2D eigenvalue weighted by molar-refractivity contribution is 5.71. The zero-order valence-electron chi connectivity index (χ0n) is 13.4. The Balaban J connectivity index is 3.42. The molecule has 0 aliphatic carbocycles. The Hall–Kier alpha value is -1.83. The van der Waals surface area contributed by atoms with Gasteiger partial charge in [0.25, 0.3) is 5.56 Å². The van der Waals surface area contributed by atoms with Crippen molar-refractivity contribution < 1.29 is 23.1 Å². The fourth-order valence-corrected chi connectivity index (χ4v) is 2.30. The fraction of sp³-hybridized carbons (Fsp3) is 0.600. The van der Waals surface area contributed by atoms with E-state index in [1.807, 2.05) is 0 Å². The summed E-state index contributed by atoms with van der Waals surface area (Å²) in [5, 5.41) is 9.23. The zero-order valence-corrected chi connectivity index (χ0v) is 13.4. The smallest absolute Gasteiger partial charge is 0.416 e. The molecule has 23 heavy (non-hydrogen) atoms. The number of likely N-dealkylation sites (N-methyl/N-ethyl adjacent to an activating group) is 1. The summed E-state index contributed by atoms with van der Waals surface area (Å²) in [6.07, 6.45) is -2.86. The van der Waals surface area contributed by atoms with Crippen molar-refractivity contribution in [2.75, 3.05) is 20.6 Å². The van der Waals surface area contributed by atoms with Gasteiger partial charge in [-0.25, -0.2) is 4.79 Å². The van der Waals surface area contributed by atoms with Crippen molar-refractivity contribution in [1.82, 2.24) is 9.47 Å². The normalized spacial score (nSPS) is 13.3. The minimum Gasteiger partial charge on any atom is -0.480 e. The van der Waals surface area contributed by atoms with E-state index in [4.69, 9.17) is 0 Å². The quantitative estimate of drug-likeness (QED) is 0.832. The van der Waals surface area contributed by atoms with E-state index < -0.39 is 29.3 Å². The van der Waals surface area contributed by atoms with Crippen LogP contribution in [0.5, 0.6) is 0 Å². The average Bonchev–Trinajstić information content (AvgIpc) is 2.42. The molecule has 0 saturated heterocycles. The second-order valence-corrected chi connectivity index (χ2v) is 5.65. The van der Waals surface area contributed by atoms with Crippen molar-refractivity contribution in [1.29, 1.82) is 0 Å². The molecule has 1 N–H and O–H groups in total. The Morgan fingerprint density at radius 3 is 2.43 bits per heavy atom. The van der Waals surface area contributed by atoms with E-state index in [1.165, 1.54) is 0 Å². The fourth-order valence-electron chi connectivity index (χ4n) is 2.30. The molecular weight excluding hydrogens is 313 g/mol. The lowest BCUT2D eigenvalue weighted by Gasteiger charge is -2.20. The van der Waals surface area contributed by atoms with Gasteiger partial charge in [-0.1, -0.05) is 13.3 Å². The molecule has 0 saturated carbocycles. The van der Waals surface area contributed by atoms with Crippen molar-refractivity contribution in [2.45, 2.75) is 38.4 Å². The highest BCUT2D eigenvalue weighted by Crippen LogP contribution is 2.31. The summed E-state index contributed by atoms with van der Waals surface area (Å²) in [5.41, 5.74) is -2.03. The molecular formula is C15H21F3N2O3. The molecule has 0 radical (unpaired) electrons. The van der Waals surface area contributed by atoms with Crippen LogP contribution >= 0.6 is 0 Å². The Bertz CT molecular complexity index is 609. The van der Waals surface area contributed by atoms with Crippen molar-refractivity contribution in [3.63, 3.8) is 0 Å². The number of carboxylic acid groups (broad SMARTS) is 1. The highest BCUT2D eigenvalue weighted by atomic mass is 19.4. The van der Waals surface area contributed by atoms with E-state index in [0.29, 0.717) is 19.0 Å². The monoisotopic (exact) mass is 334 g/mol. The maximum absolute atomic E-state index is 13.1. The number of hydrogen-bond acceptors (Lipinski definition) is 3. The van der Waals surface area contributed by atoms with Gasteiger partial charge in [0.1, 0.15) is 6.04 Å². The van der Waals surface area contributed by atoms with Crippen LogP contribution < -0.4 is 5.56 Å². The lowest BCUT2D eigenvalue weighted by atomic mass is 10.0. The lowest BCUT2D eigenvalue weighted by Crippen LogP contribution is -2.32. The number of rotatable bonds is 7. The molecule has 130 valence electrons. The zero-order chi connectivity index (χ0) is 17.8. The maximum atomic E-state index is 13.1. The minimum absolute atomic E-state index is 0.0700. The van der Waals surface area contributed by atoms with Crippen LogP contribution in [0.3, 0.4) is 0 Å². The van der Waals surface area contributed by atoms with Gasteiger partial charge in [0.05, 0.1) is 5.56 Å². The average molecular weight is 334 g/mol. The van der Waals surface area contributed by atoms with Crippen molar-refractivity contribution in [2.24, 2.45) is 0 Å². The number of aliphatic carboxylic acids is 1. The third-order valence-corrected chi connectivity index (χ3v) is 3.48. The van der Waals surface area contributed by atoms with E-state index in [-0.39, 0.29) is 18.4 Å². The lowest BCUT2D eigenvalue weighted by molar-refractivity contribution is -0.141. The number of nitrogens with zero attached hydrogens (tertiary/aromatic N) is 2. The SMILES string of the molecule is CCCC(C(=O)O)n1cc(CCN(C)C)c(C(F)(F)F)cc1=O. The molecule has 0 bridgehead atoms. The van der Waals surface area contributed by atoms with Crippen LogP contribution in [0.1, 0.15) is 36.9 Å². The first kappa shape index (κ1) is 19.2. The van der Waals surface area contributed by atoms with Gasteiger partial charge in [0.2, 0.25) is 0 Å². The van der Waals surface area contributed by atoms with Gasteiger partial charge in [0.15, 0.2) is 0 Å². The number of alkyl halides is 3. The molecule has 1 aromatic heterocycles. The second kappa shape index (κ2) is 7.63. The van der Waals surface area contributed by atoms with Crippen LogP contribution in [0.25, 0.3) is 0 Å². The van der Waals surface area contributed by atoms with Gasteiger partial charge >= 0.3 is 12.1 Å². The summed E-state index contributed by atoms with van der Waals surface area (Å²) in [7, 11) is 3.45. The first-order chi connectivity index (χ1) is 10.6. The van der Waals surface area contributed by atoms with E-state index in [0.717, 1.165) is 10.8 Å². The molecule has 0 aliphatic rings. The molecule has 0 amide bonds. The highest BCUT2D eigenvalue weighted by Gasteiger charge is 2.35. The standard InChI is InChI=1S/C15H21F3N2O3/c1-4-5-12(14(22)23)20-9-10(6-7-19(2)3)11(8-13(20)21)15(16,17)18/h8-9,12H,4-7H2,1-3H3,(H,22,23). The van der Waals surface area contributed by atoms with Gasteiger partial charge in [-0.15, -0.1) is 0 Å². The minimum atomic E-state index is -4.65. The predicted octanol–water partition coefficient (Wildman–Crippen LogP) is 2.40. The Kier molecular flexibility index (Phi) is 6.37. The summed E-state index contributed by atoms with van der Waals surface area (Å²) >= 11 is 0. The third kappa shape index (κ3) is 5.09. The largest absolute Gasteiger partial charge is 0.480 e. The molecule has 1 atom stereocenters. The second-order valence-electron chi connectivity index (χ2n) is 5.65. The number of hydrogen-bond donors (Lipinski definition) is 1. The van der Waals surface area contributed by atoms with E-state index in [1.54, 1.807) is 25.9 Å². The van der Waals surface area contributed by atoms with Crippen LogP contribution in [0, 0.1) is 0 Å². The molecule has 1 aromatic rings. The number of halogens is 3. The first-order valence-corrected chi connectivity index (χ1v) is 7.27. The molecule has 0 fully saturated rings. The number of carboxylic acids is 1. The Labute approximate surface area is 132 Å². The third-order valence-electron chi connectivity index (χ3n) is 3.48. The molecule has 1 unspecified atom stereocenters. The molecule has 0 aliphatic heterocycles. The molecule has 0 spiro atoms. The first-order valence-electron chi connectivity index (χ1n) is 7.27. The summed E-state index contributed by atoms with van der Waals surface area (Å²) < 4.78 is 40.2. The van der Waals surface area contributed by atoms with Crippen molar-refractivity contribution >= 4 is 5.97 Å². The molecule has 0 aromatic carbocycles. The molecule has 8 heteroatoms.